The van der Waals surface area contributed by atoms with Crippen molar-refractivity contribution in [2.45, 2.75) is 18.9 Å². The van der Waals surface area contributed by atoms with Crippen LogP contribution in [0.5, 0.6) is 5.75 Å². The number of nitrogens with zero attached hydrogens (tertiary/aromatic N) is 1. The zero-order valence-electron chi connectivity index (χ0n) is 11.2. The van der Waals surface area contributed by atoms with Gasteiger partial charge in [-0.25, -0.2) is 0 Å². The molecule has 0 spiro atoms. The number of likely N-dealkylation sites (tertiary alicyclic amines) is 1. The molecule has 1 aliphatic heterocycles. The van der Waals surface area contributed by atoms with Gasteiger partial charge in [0.15, 0.2) is 0 Å². The topological polar surface area (TPSA) is 24.5 Å². The second-order valence-electron chi connectivity index (χ2n) is 4.85. The van der Waals surface area contributed by atoms with Gasteiger partial charge in [0.2, 0.25) is 0 Å². The van der Waals surface area contributed by atoms with Crippen LogP contribution in [-0.2, 0) is 0 Å². The minimum atomic E-state index is 0.600. The average molecular weight is 303 g/mol. The fourth-order valence-electron chi connectivity index (χ4n) is 2.37. The van der Waals surface area contributed by atoms with Crippen molar-refractivity contribution >= 4 is 23.2 Å². The molecule has 0 bridgehead atoms. The summed E-state index contributed by atoms with van der Waals surface area (Å²) in [6.07, 6.45) is 2.50. The Morgan fingerprint density at radius 2 is 2.26 bits per heavy atom. The van der Waals surface area contributed by atoms with Gasteiger partial charge in [-0.3, -0.25) is 4.90 Å². The molecule has 1 N–H and O–H groups in total. The fraction of sp³-hybridized carbons (Fsp3) is 0.571. The Balaban J connectivity index is 1.78. The number of halogens is 2. The van der Waals surface area contributed by atoms with Gasteiger partial charge in [-0.1, -0.05) is 23.2 Å². The zero-order valence-corrected chi connectivity index (χ0v) is 12.7. The van der Waals surface area contributed by atoms with Crippen LogP contribution in [0.2, 0.25) is 10.0 Å². The molecular formula is C14H20Cl2N2O. The van der Waals surface area contributed by atoms with Gasteiger partial charge in [-0.15, -0.1) is 0 Å². The molecule has 1 unspecified atom stereocenters. The van der Waals surface area contributed by atoms with Gasteiger partial charge in [0.1, 0.15) is 12.4 Å². The monoisotopic (exact) mass is 302 g/mol. The first-order valence-electron chi connectivity index (χ1n) is 6.66. The van der Waals surface area contributed by atoms with E-state index in [0.717, 1.165) is 19.6 Å². The molecule has 0 radical (unpaired) electrons. The van der Waals surface area contributed by atoms with Crippen molar-refractivity contribution in [2.75, 3.05) is 33.3 Å². The molecule has 1 heterocycles. The maximum atomic E-state index is 6.06. The lowest BCUT2D eigenvalue weighted by atomic mass is 10.1. The van der Waals surface area contributed by atoms with E-state index in [1.807, 2.05) is 7.05 Å². The summed E-state index contributed by atoms with van der Waals surface area (Å²) in [4.78, 5) is 2.42. The number of likely N-dealkylation sites (N-methyl/N-ethyl adjacent to an activating group) is 1. The van der Waals surface area contributed by atoms with Crippen LogP contribution in [0.1, 0.15) is 12.8 Å². The SMILES string of the molecule is CNC1CCCN(CCOc2cc(Cl)ccc2Cl)C1. The molecule has 1 atom stereocenters. The van der Waals surface area contributed by atoms with Gasteiger partial charge in [-0.2, -0.15) is 0 Å². The van der Waals surface area contributed by atoms with Crippen molar-refractivity contribution in [3.8, 4) is 5.75 Å². The summed E-state index contributed by atoms with van der Waals surface area (Å²) in [7, 11) is 2.02. The third kappa shape index (κ3) is 4.53. The van der Waals surface area contributed by atoms with Crippen molar-refractivity contribution in [2.24, 2.45) is 0 Å². The van der Waals surface area contributed by atoms with Crippen LogP contribution in [0.15, 0.2) is 18.2 Å². The molecule has 2 rings (SSSR count). The smallest absolute Gasteiger partial charge is 0.139 e. The number of benzene rings is 1. The number of hydrogen-bond acceptors (Lipinski definition) is 3. The minimum Gasteiger partial charge on any atom is -0.491 e. The van der Waals surface area contributed by atoms with Crippen LogP contribution in [-0.4, -0.2) is 44.2 Å². The highest BCUT2D eigenvalue weighted by Crippen LogP contribution is 2.27. The minimum absolute atomic E-state index is 0.600. The summed E-state index contributed by atoms with van der Waals surface area (Å²) in [6, 6.07) is 5.88. The molecule has 0 saturated carbocycles. The fourth-order valence-corrected chi connectivity index (χ4v) is 2.70. The summed E-state index contributed by atoms with van der Waals surface area (Å²) in [5, 5.41) is 4.59. The van der Waals surface area contributed by atoms with Crippen molar-refractivity contribution < 1.29 is 4.74 Å². The van der Waals surface area contributed by atoms with Gasteiger partial charge in [0, 0.05) is 30.2 Å². The third-order valence-corrected chi connectivity index (χ3v) is 4.02. The summed E-state index contributed by atoms with van der Waals surface area (Å²) >= 11 is 12.0. The number of rotatable bonds is 5. The van der Waals surface area contributed by atoms with Crippen LogP contribution in [0.25, 0.3) is 0 Å². The highest BCUT2D eigenvalue weighted by atomic mass is 35.5. The van der Waals surface area contributed by atoms with Crippen LogP contribution in [0.3, 0.4) is 0 Å². The highest BCUT2D eigenvalue weighted by molar-refractivity contribution is 6.34. The molecule has 1 saturated heterocycles. The molecular weight excluding hydrogens is 283 g/mol. The lowest BCUT2D eigenvalue weighted by Gasteiger charge is -2.32. The predicted molar refractivity (Wildman–Crippen MR) is 80.5 cm³/mol. The molecule has 19 heavy (non-hydrogen) atoms. The molecule has 106 valence electrons. The first-order valence-corrected chi connectivity index (χ1v) is 7.42. The maximum Gasteiger partial charge on any atom is 0.139 e. The number of hydrogen-bond donors (Lipinski definition) is 1. The molecule has 1 aromatic carbocycles. The Bertz CT molecular complexity index is 414. The van der Waals surface area contributed by atoms with E-state index >= 15 is 0 Å². The van der Waals surface area contributed by atoms with E-state index in [-0.39, 0.29) is 0 Å². The molecule has 1 aliphatic rings. The van der Waals surface area contributed by atoms with Crippen LogP contribution in [0, 0.1) is 0 Å². The Kier molecular flexibility index (Phi) is 5.76. The molecule has 0 aliphatic carbocycles. The van der Waals surface area contributed by atoms with Crippen LogP contribution < -0.4 is 10.1 Å². The molecule has 1 aromatic rings. The number of ether oxygens (including phenoxy) is 1. The van der Waals surface area contributed by atoms with E-state index in [4.69, 9.17) is 27.9 Å². The summed E-state index contributed by atoms with van der Waals surface area (Å²) in [5.74, 6) is 0.663. The van der Waals surface area contributed by atoms with Gasteiger partial charge >= 0.3 is 0 Å². The van der Waals surface area contributed by atoms with E-state index in [1.165, 1.54) is 12.8 Å². The van der Waals surface area contributed by atoms with E-state index in [2.05, 4.69) is 10.2 Å². The Hall–Kier alpha value is -0.480. The lowest BCUT2D eigenvalue weighted by molar-refractivity contribution is 0.162. The normalized spacial score (nSPS) is 20.5. The van der Waals surface area contributed by atoms with E-state index in [1.54, 1.807) is 18.2 Å². The van der Waals surface area contributed by atoms with E-state index in [0.29, 0.717) is 28.4 Å². The van der Waals surface area contributed by atoms with Crippen LogP contribution in [0.4, 0.5) is 0 Å². The Labute approximate surface area is 124 Å². The average Bonchev–Trinajstić information content (AvgIpc) is 2.43. The summed E-state index contributed by atoms with van der Waals surface area (Å²) in [5.41, 5.74) is 0. The van der Waals surface area contributed by atoms with E-state index < -0.39 is 0 Å². The van der Waals surface area contributed by atoms with Crippen molar-refractivity contribution in [3.63, 3.8) is 0 Å². The molecule has 3 nitrogen and oxygen atoms in total. The van der Waals surface area contributed by atoms with Gasteiger partial charge in [-0.05, 0) is 38.6 Å². The lowest BCUT2D eigenvalue weighted by Crippen LogP contribution is -2.45. The highest BCUT2D eigenvalue weighted by Gasteiger charge is 2.17. The van der Waals surface area contributed by atoms with Gasteiger partial charge in [0.05, 0.1) is 5.02 Å². The second-order valence-corrected chi connectivity index (χ2v) is 5.70. The molecule has 0 amide bonds. The molecule has 0 aromatic heterocycles. The first-order chi connectivity index (χ1) is 9.19. The predicted octanol–water partition coefficient (Wildman–Crippen LogP) is 3.06. The second kappa shape index (κ2) is 7.34. The Morgan fingerprint density at radius 1 is 1.42 bits per heavy atom. The quantitative estimate of drug-likeness (QED) is 0.905. The van der Waals surface area contributed by atoms with Crippen LogP contribution >= 0.6 is 23.2 Å². The summed E-state index contributed by atoms with van der Waals surface area (Å²) < 4.78 is 5.71. The molecule has 1 fully saturated rings. The number of piperidine rings is 1. The van der Waals surface area contributed by atoms with Gasteiger partial charge in [0.25, 0.3) is 0 Å². The third-order valence-electron chi connectivity index (χ3n) is 3.47. The summed E-state index contributed by atoms with van der Waals surface area (Å²) in [6.45, 7) is 3.78. The standard InChI is InChI=1S/C14H20Cl2N2O/c1-17-12-3-2-6-18(10-12)7-8-19-14-9-11(15)4-5-13(14)16/h4-5,9,12,17H,2-3,6-8,10H2,1H3. The van der Waals surface area contributed by atoms with Gasteiger partial charge < -0.3 is 10.1 Å². The van der Waals surface area contributed by atoms with Crippen molar-refractivity contribution in [1.29, 1.82) is 0 Å². The largest absolute Gasteiger partial charge is 0.491 e. The number of nitrogens with one attached hydrogen (secondary N) is 1. The van der Waals surface area contributed by atoms with Crippen molar-refractivity contribution in [3.05, 3.63) is 28.2 Å². The van der Waals surface area contributed by atoms with Crippen molar-refractivity contribution in [1.82, 2.24) is 10.2 Å². The maximum absolute atomic E-state index is 6.06. The van der Waals surface area contributed by atoms with E-state index in [9.17, 15) is 0 Å². The molecule has 5 heteroatoms. The Morgan fingerprint density at radius 3 is 3.05 bits per heavy atom. The first kappa shape index (κ1) is 14.9. The zero-order chi connectivity index (χ0) is 13.7.